The van der Waals surface area contributed by atoms with Crippen molar-refractivity contribution in [3.8, 4) is 5.75 Å². The Morgan fingerprint density at radius 3 is 2.84 bits per heavy atom. The SMILES string of the molecule is COc1ccccc1N1CCN(C(=O)CCCn2cnnn2)CC1=O. The van der Waals surface area contributed by atoms with E-state index in [0.29, 0.717) is 38.2 Å². The van der Waals surface area contributed by atoms with Gasteiger partial charge >= 0.3 is 0 Å². The fraction of sp³-hybridized carbons (Fsp3) is 0.438. The average molecular weight is 344 g/mol. The first-order chi connectivity index (χ1) is 12.2. The minimum Gasteiger partial charge on any atom is -0.495 e. The minimum absolute atomic E-state index is 0.0268. The molecule has 0 bridgehead atoms. The van der Waals surface area contributed by atoms with Crippen LogP contribution >= 0.6 is 0 Å². The predicted molar refractivity (Wildman–Crippen MR) is 89.0 cm³/mol. The molecule has 0 spiro atoms. The number of para-hydroxylation sites is 2. The third kappa shape index (κ3) is 3.93. The van der Waals surface area contributed by atoms with E-state index in [1.54, 1.807) is 21.6 Å². The molecule has 132 valence electrons. The molecule has 9 nitrogen and oxygen atoms in total. The van der Waals surface area contributed by atoms with Crippen molar-refractivity contribution in [1.82, 2.24) is 25.1 Å². The summed E-state index contributed by atoms with van der Waals surface area (Å²) in [6.07, 6.45) is 2.51. The van der Waals surface area contributed by atoms with Crippen LogP contribution in [-0.4, -0.2) is 63.7 Å². The van der Waals surface area contributed by atoms with Crippen LogP contribution in [0.5, 0.6) is 5.75 Å². The van der Waals surface area contributed by atoms with E-state index in [1.807, 2.05) is 24.3 Å². The van der Waals surface area contributed by atoms with Gasteiger partial charge in [-0.1, -0.05) is 12.1 Å². The molecule has 0 N–H and O–H groups in total. The van der Waals surface area contributed by atoms with E-state index in [1.165, 1.54) is 6.33 Å². The summed E-state index contributed by atoms with van der Waals surface area (Å²) in [6, 6.07) is 7.39. The van der Waals surface area contributed by atoms with Crippen LogP contribution in [0, 0.1) is 0 Å². The Kier molecular flexibility index (Phi) is 5.22. The van der Waals surface area contributed by atoms with Gasteiger partial charge < -0.3 is 14.5 Å². The van der Waals surface area contributed by atoms with E-state index in [-0.39, 0.29) is 18.4 Å². The fourth-order valence-electron chi connectivity index (χ4n) is 2.83. The second-order valence-electron chi connectivity index (χ2n) is 5.71. The van der Waals surface area contributed by atoms with Crippen molar-refractivity contribution in [1.29, 1.82) is 0 Å². The highest BCUT2D eigenvalue weighted by molar-refractivity contribution is 5.99. The smallest absolute Gasteiger partial charge is 0.246 e. The first kappa shape index (κ1) is 16.9. The number of anilines is 1. The highest BCUT2D eigenvalue weighted by atomic mass is 16.5. The molecule has 1 aromatic carbocycles. The van der Waals surface area contributed by atoms with Gasteiger partial charge in [0.2, 0.25) is 11.8 Å². The number of tetrazole rings is 1. The number of nitrogens with zero attached hydrogens (tertiary/aromatic N) is 6. The number of aryl methyl sites for hydroxylation is 1. The van der Waals surface area contributed by atoms with Gasteiger partial charge in [-0.2, -0.15) is 0 Å². The Labute approximate surface area is 145 Å². The number of carbonyl (C=O) groups is 2. The van der Waals surface area contributed by atoms with Crippen molar-refractivity contribution in [3.05, 3.63) is 30.6 Å². The van der Waals surface area contributed by atoms with Gasteiger partial charge in [0, 0.05) is 26.1 Å². The number of amides is 2. The monoisotopic (exact) mass is 344 g/mol. The molecule has 9 heteroatoms. The Hall–Kier alpha value is -2.97. The maximum Gasteiger partial charge on any atom is 0.246 e. The topological polar surface area (TPSA) is 93.4 Å². The van der Waals surface area contributed by atoms with Gasteiger partial charge in [0.05, 0.1) is 12.8 Å². The van der Waals surface area contributed by atoms with Crippen LogP contribution in [0.2, 0.25) is 0 Å². The molecular weight excluding hydrogens is 324 g/mol. The maximum atomic E-state index is 12.5. The van der Waals surface area contributed by atoms with Crippen molar-refractivity contribution in [2.45, 2.75) is 19.4 Å². The number of carbonyl (C=O) groups excluding carboxylic acids is 2. The van der Waals surface area contributed by atoms with Gasteiger partial charge in [0.15, 0.2) is 0 Å². The van der Waals surface area contributed by atoms with Crippen LogP contribution in [-0.2, 0) is 16.1 Å². The van der Waals surface area contributed by atoms with Gasteiger partial charge in [0.1, 0.15) is 18.6 Å². The summed E-state index contributed by atoms with van der Waals surface area (Å²) in [5, 5.41) is 10.9. The lowest BCUT2D eigenvalue weighted by Crippen LogP contribution is -2.52. The summed E-state index contributed by atoms with van der Waals surface area (Å²) < 4.78 is 6.90. The summed E-state index contributed by atoms with van der Waals surface area (Å²) in [5.41, 5.74) is 0.737. The number of methoxy groups -OCH3 is 1. The molecule has 25 heavy (non-hydrogen) atoms. The lowest BCUT2D eigenvalue weighted by atomic mass is 10.2. The first-order valence-corrected chi connectivity index (χ1v) is 8.11. The maximum absolute atomic E-state index is 12.5. The van der Waals surface area contributed by atoms with Gasteiger partial charge in [-0.05, 0) is 29.0 Å². The molecule has 2 heterocycles. The number of hydrogen-bond donors (Lipinski definition) is 0. The Morgan fingerprint density at radius 2 is 2.12 bits per heavy atom. The Bertz CT molecular complexity index is 733. The Morgan fingerprint density at radius 1 is 1.28 bits per heavy atom. The molecule has 2 amide bonds. The third-order valence-electron chi connectivity index (χ3n) is 4.12. The van der Waals surface area contributed by atoms with Gasteiger partial charge in [-0.3, -0.25) is 9.59 Å². The molecule has 1 saturated heterocycles. The van der Waals surface area contributed by atoms with Crippen molar-refractivity contribution in [3.63, 3.8) is 0 Å². The number of aromatic nitrogens is 4. The van der Waals surface area contributed by atoms with Crippen LogP contribution in [0.15, 0.2) is 30.6 Å². The molecular formula is C16H20N6O3. The zero-order valence-electron chi connectivity index (χ0n) is 14.0. The number of hydrogen-bond acceptors (Lipinski definition) is 6. The summed E-state index contributed by atoms with van der Waals surface area (Å²) in [6.45, 7) is 1.63. The molecule has 2 aromatic rings. The average Bonchev–Trinajstić information content (AvgIpc) is 3.15. The molecule has 0 atom stereocenters. The number of ether oxygens (including phenoxy) is 1. The highest BCUT2D eigenvalue weighted by Gasteiger charge is 2.29. The molecule has 1 aromatic heterocycles. The second kappa shape index (κ2) is 7.73. The highest BCUT2D eigenvalue weighted by Crippen LogP contribution is 2.28. The second-order valence-corrected chi connectivity index (χ2v) is 5.71. The van der Waals surface area contributed by atoms with E-state index in [0.717, 1.165) is 5.69 Å². The standard InChI is InChI=1S/C16H20N6O3/c1-25-14-6-3-2-5-13(14)22-10-9-20(11-16(22)24)15(23)7-4-8-21-12-17-18-19-21/h2-3,5-6,12H,4,7-11H2,1H3. The number of benzene rings is 1. The molecule has 1 aliphatic heterocycles. The van der Waals surface area contributed by atoms with Crippen LogP contribution in [0.25, 0.3) is 0 Å². The third-order valence-corrected chi connectivity index (χ3v) is 4.12. The van der Waals surface area contributed by atoms with Crippen LogP contribution in [0.3, 0.4) is 0 Å². The van der Waals surface area contributed by atoms with Crippen molar-refractivity contribution < 1.29 is 14.3 Å². The van der Waals surface area contributed by atoms with Crippen LogP contribution in [0.1, 0.15) is 12.8 Å². The van der Waals surface area contributed by atoms with Crippen LogP contribution in [0.4, 0.5) is 5.69 Å². The predicted octanol–water partition coefficient (Wildman–Crippen LogP) is 0.337. The quantitative estimate of drug-likeness (QED) is 0.750. The van der Waals surface area contributed by atoms with E-state index in [4.69, 9.17) is 4.74 Å². The van der Waals surface area contributed by atoms with Crippen LogP contribution < -0.4 is 9.64 Å². The van der Waals surface area contributed by atoms with E-state index in [2.05, 4.69) is 15.5 Å². The lowest BCUT2D eigenvalue weighted by Gasteiger charge is -2.35. The largest absolute Gasteiger partial charge is 0.495 e. The van der Waals surface area contributed by atoms with Gasteiger partial charge in [-0.25, -0.2) is 4.68 Å². The van der Waals surface area contributed by atoms with E-state index in [9.17, 15) is 9.59 Å². The van der Waals surface area contributed by atoms with Gasteiger partial charge in [-0.15, -0.1) is 5.10 Å². The molecule has 1 fully saturated rings. The van der Waals surface area contributed by atoms with E-state index >= 15 is 0 Å². The Balaban J connectivity index is 1.54. The molecule has 1 aliphatic rings. The normalized spacial score (nSPS) is 14.7. The summed E-state index contributed by atoms with van der Waals surface area (Å²) in [7, 11) is 1.58. The molecule has 0 unspecified atom stereocenters. The fourth-order valence-corrected chi connectivity index (χ4v) is 2.83. The first-order valence-electron chi connectivity index (χ1n) is 8.11. The molecule has 3 rings (SSSR count). The van der Waals surface area contributed by atoms with E-state index < -0.39 is 0 Å². The summed E-state index contributed by atoms with van der Waals surface area (Å²) in [4.78, 5) is 28.1. The van der Waals surface area contributed by atoms with Crippen molar-refractivity contribution >= 4 is 17.5 Å². The summed E-state index contributed by atoms with van der Waals surface area (Å²) >= 11 is 0. The van der Waals surface area contributed by atoms with Crippen molar-refractivity contribution in [2.75, 3.05) is 31.6 Å². The molecule has 0 saturated carbocycles. The minimum atomic E-state index is -0.107. The molecule has 0 radical (unpaired) electrons. The summed E-state index contributed by atoms with van der Waals surface area (Å²) in [5.74, 6) is 0.516. The molecule has 0 aliphatic carbocycles. The number of piperazine rings is 1. The number of rotatable bonds is 6. The zero-order valence-corrected chi connectivity index (χ0v) is 14.0. The lowest BCUT2D eigenvalue weighted by molar-refractivity contribution is -0.137. The van der Waals surface area contributed by atoms with Crippen molar-refractivity contribution in [2.24, 2.45) is 0 Å². The zero-order chi connectivity index (χ0) is 17.6. The van der Waals surface area contributed by atoms with Gasteiger partial charge in [0.25, 0.3) is 0 Å².